The number of hydrogen-bond donors (Lipinski definition) is 4. The van der Waals surface area contributed by atoms with Crippen molar-refractivity contribution in [2.45, 2.75) is 55.7 Å². The summed E-state index contributed by atoms with van der Waals surface area (Å²) in [6, 6.07) is 10.3. The van der Waals surface area contributed by atoms with Gasteiger partial charge >= 0.3 is 0 Å². The van der Waals surface area contributed by atoms with Crippen LogP contribution in [0, 0.1) is 20.8 Å². The highest BCUT2D eigenvalue weighted by Crippen LogP contribution is 2.50. The van der Waals surface area contributed by atoms with Crippen molar-refractivity contribution in [2.24, 2.45) is 5.10 Å². The highest BCUT2D eigenvalue weighted by Gasteiger charge is 2.36. The van der Waals surface area contributed by atoms with Gasteiger partial charge in [-0.3, -0.25) is 5.43 Å². The van der Waals surface area contributed by atoms with Crippen LogP contribution in [0.3, 0.4) is 0 Å². The largest absolute Gasteiger partial charge is 0.287 e. The Hall–Kier alpha value is -1.64. The van der Waals surface area contributed by atoms with Gasteiger partial charge in [0.1, 0.15) is 0 Å². The number of hydrazone groups is 1. The third-order valence-electron chi connectivity index (χ3n) is 6.64. The van der Waals surface area contributed by atoms with Crippen molar-refractivity contribution in [1.82, 2.24) is 20.8 Å². The zero-order chi connectivity index (χ0) is 23.2. The number of thiol groups is 1. The SMILES string of the molecule is C=S(=C)(c1ccc(Cl)cc1C1CC1)N(C)C(C1=NNNN1)C(S)c1c(C)ccc(C)c1C. The van der Waals surface area contributed by atoms with Crippen molar-refractivity contribution in [3.8, 4) is 0 Å². The topological polar surface area (TPSA) is 51.7 Å². The third kappa shape index (κ3) is 4.29. The van der Waals surface area contributed by atoms with Gasteiger partial charge < -0.3 is 0 Å². The Morgan fingerprint density at radius 1 is 1.16 bits per heavy atom. The Labute approximate surface area is 202 Å². The summed E-state index contributed by atoms with van der Waals surface area (Å²) < 4.78 is 2.25. The van der Waals surface area contributed by atoms with Crippen LogP contribution in [-0.4, -0.2) is 35.0 Å². The van der Waals surface area contributed by atoms with Crippen LogP contribution in [0.4, 0.5) is 0 Å². The van der Waals surface area contributed by atoms with E-state index >= 15 is 0 Å². The molecule has 0 saturated heterocycles. The first-order valence-electron chi connectivity index (χ1n) is 10.7. The van der Waals surface area contributed by atoms with Gasteiger partial charge in [0, 0.05) is 9.92 Å². The molecule has 4 rings (SSSR count). The fraction of sp³-hybridized carbons (Fsp3) is 0.375. The lowest BCUT2D eigenvalue weighted by atomic mass is 9.92. The molecule has 0 radical (unpaired) electrons. The Kier molecular flexibility index (Phi) is 6.58. The first-order chi connectivity index (χ1) is 15.1. The average Bonchev–Trinajstić information content (AvgIpc) is 3.46. The van der Waals surface area contributed by atoms with Crippen LogP contribution < -0.4 is 16.5 Å². The summed E-state index contributed by atoms with van der Waals surface area (Å²) in [6.45, 7) is 6.44. The molecule has 2 unspecified atom stereocenters. The molecule has 1 aliphatic carbocycles. The number of rotatable bonds is 7. The molecule has 0 amide bonds. The molecule has 3 N–H and O–H groups in total. The van der Waals surface area contributed by atoms with E-state index in [1.165, 1.54) is 45.6 Å². The van der Waals surface area contributed by atoms with E-state index < -0.39 is 9.39 Å². The van der Waals surface area contributed by atoms with Crippen LogP contribution in [-0.2, 0) is 0 Å². The Balaban J connectivity index is 1.81. The van der Waals surface area contributed by atoms with E-state index in [2.05, 4.69) is 89.7 Å². The second kappa shape index (κ2) is 8.95. The second-order valence-electron chi connectivity index (χ2n) is 8.83. The lowest BCUT2D eigenvalue weighted by Crippen LogP contribution is -2.48. The molecule has 1 fully saturated rings. The number of hydrogen-bond acceptors (Lipinski definition) is 6. The van der Waals surface area contributed by atoms with E-state index in [4.69, 9.17) is 24.2 Å². The predicted molar refractivity (Wildman–Crippen MR) is 144 cm³/mol. The summed E-state index contributed by atoms with van der Waals surface area (Å²) in [6.07, 6.45) is 2.38. The van der Waals surface area contributed by atoms with Crippen molar-refractivity contribution >= 4 is 51.2 Å². The number of hydrazine groups is 2. The van der Waals surface area contributed by atoms with E-state index in [9.17, 15) is 0 Å². The van der Waals surface area contributed by atoms with E-state index in [1.54, 1.807) is 0 Å². The Bertz CT molecular complexity index is 1170. The molecule has 8 heteroatoms. The number of nitrogens with zero attached hydrogens (tertiary/aromatic N) is 2. The van der Waals surface area contributed by atoms with Crippen LogP contribution in [0.25, 0.3) is 0 Å². The molecule has 2 aliphatic rings. The summed E-state index contributed by atoms with van der Waals surface area (Å²) in [7, 11) is 0.213. The lowest BCUT2D eigenvalue weighted by Gasteiger charge is -2.39. The standard InChI is InChI=1S/C24H32ClN5S2/c1-14-7-8-15(2)21(16(14)3)23(31)22(24-26-28-29-27-24)30(4)32(5,6)20-12-11-18(25)13-19(20)17-9-10-17/h7-8,11-13,17,22-23,28-29,31H,5-6,9-10H2,1-4H3,(H,26,27). The van der Waals surface area contributed by atoms with Crippen LogP contribution in [0.5, 0.6) is 0 Å². The fourth-order valence-corrected chi connectivity index (χ4v) is 7.37. The molecular formula is C24H32ClN5S2. The Morgan fingerprint density at radius 2 is 1.84 bits per heavy atom. The van der Waals surface area contributed by atoms with Gasteiger partial charge in [-0.1, -0.05) is 35.5 Å². The summed E-state index contributed by atoms with van der Waals surface area (Å²) in [5.74, 6) is 10.6. The van der Waals surface area contributed by atoms with E-state index in [0.29, 0.717) is 5.92 Å². The lowest BCUT2D eigenvalue weighted by molar-refractivity contribution is 0.476. The number of halogens is 1. The third-order valence-corrected chi connectivity index (χ3v) is 9.94. The smallest absolute Gasteiger partial charge is 0.159 e. The molecule has 32 heavy (non-hydrogen) atoms. The monoisotopic (exact) mass is 489 g/mol. The summed E-state index contributed by atoms with van der Waals surface area (Å²) in [5.41, 5.74) is 15.1. The highest BCUT2D eigenvalue weighted by molar-refractivity contribution is 8.25. The molecule has 1 aliphatic heterocycles. The second-order valence-corrected chi connectivity index (χ2v) is 12.5. The van der Waals surface area contributed by atoms with Crippen molar-refractivity contribution in [3.63, 3.8) is 0 Å². The molecular weight excluding hydrogens is 458 g/mol. The summed E-state index contributed by atoms with van der Waals surface area (Å²) in [4.78, 5) is 1.18. The first-order valence-corrected chi connectivity index (χ1v) is 13.6. The molecule has 1 saturated carbocycles. The zero-order valence-electron chi connectivity index (χ0n) is 19.1. The van der Waals surface area contributed by atoms with Crippen LogP contribution in [0.2, 0.25) is 5.02 Å². The van der Waals surface area contributed by atoms with Gasteiger partial charge in [0.25, 0.3) is 0 Å². The van der Waals surface area contributed by atoms with Crippen LogP contribution in [0.1, 0.15) is 51.8 Å². The number of aryl methyl sites for hydroxylation is 2. The summed E-state index contributed by atoms with van der Waals surface area (Å²) >= 11 is 11.5. The van der Waals surface area contributed by atoms with Gasteiger partial charge in [-0.2, -0.15) is 12.6 Å². The molecule has 2 aromatic rings. The molecule has 2 atom stereocenters. The average molecular weight is 490 g/mol. The Morgan fingerprint density at radius 3 is 2.47 bits per heavy atom. The number of amidine groups is 1. The minimum Gasteiger partial charge on any atom is -0.287 e. The van der Waals surface area contributed by atoms with Crippen molar-refractivity contribution in [1.29, 1.82) is 0 Å². The molecule has 0 bridgehead atoms. The van der Waals surface area contributed by atoms with Crippen LogP contribution >= 0.6 is 33.6 Å². The number of likely N-dealkylation sites (N-methyl/N-ethyl adjacent to an activating group) is 1. The van der Waals surface area contributed by atoms with Crippen molar-refractivity contribution in [2.75, 3.05) is 7.05 Å². The zero-order valence-corrected chi connectivity index (χ0v) is 21.5. The molecule has 0 aromatic heterocycles. The predicted octanol–water partition coefficient (Wildman–Crippen LogP) is 4.98. The molecule has 172 valence electrons. The van der Waals surface area contributed by atoms with Gasteiger partial charge in [-0.05, 0) is 92.6 Å². The van der Waals surface area contributed by atoms with Gasteiger partial charge in [-0.15, -0.1) is 20.0 Å². The highest BCUT2D eigenvalue weighted by atomic mass is 35.5. The van der Waals surface area contributed by atoms with Crippen molar-refractivity contribution in [3.05, 3.63) is 63.2 Å². The van der Waals surface area contributed by atoms with Gasteiger partial charge in [-0.25, -0.2) is 9.84 Å². The molecule has 0 spiro atoms. The fourth-order valence-electron chi connectivity index (χ4n) is 4.41. The molecule has 5 nitrogen and oxygen atoms in total. The maximum absolute atomic E-state index is 6.36. The van der Waals surface area contributed by atoms with Gasteiger partial charge in [0.15, 0.2) is 5.84 Å². The van der Waals surface area contributed by atoms with E-state index in [-0.39, 0.29) is 11.3 Å². The maximum Gasteiger partial charge on any atom is 0.159 e. The summed E-state index contributed by atoms with van der Waals surface area (Å²) in [5, 5.41) is 5.09. The maximum atomic E-state index is 6.36. The molecule has 2 aromatic carbocycles. The van der Waals surface area contributed by atoms with E-state index in [1.807, 2.05) is 6.07 Å². The quantitative estimate of drug-likeness (QED) is 0.327. The minimum atomic E-state index is -1.87. The van der Waals surface area contributed by atoms with Gasteiger partial charge in [0.05, 0.1) is 11.3 Å². The normalized spacial score (nSPS) is 18.2. The van der Waals surface area contributed by atoms with E-state index in [0.717, 1.165) is 10.9 Å². The number of benzene rings is 2. The number of nitrogens with one attached hydrogen (secondary N) is 3. The van der Waals surface area contributed by atoms with Gasteiger partial charge in [0.2, 0.25) is 0 Å². The first kappa shape index (κ1) is 23.5. The minimum absolute atomic E-state index is 0.139. The van der Waals surface area contributed by atoms with Crippen molar-refractivity contribution < 1.29 is 0 Å². The molecule has 1 heterocycles. The van der Waals surface area contributed by atoms with Crippen LogP contribution in [0.15, 0.2) is 40.3 Å².